The third kappa shape index (κ3) is 11.8. The van der Waals surface area contributed by atoms with Crippen LogP contribution in [0.5, 0.6) is 0 Å². The minimum Gasteiger partial charge on any atom is -0.455 e. The Balaban J connectivity index is 1.49. The molecule has 0 unspecified atom stereocenters. The number of piperidine rings is 1. The van der Waals surface area contributed by atoms with Crippen molar-refractivity contribution in [1.29, 1.82) is 0 Å². The highest BCUT2D eigenvalue weighted by Gasteiger charge is 2.37. The number of thiazole rings is 1. The molecule has 0 spiro atoms. The topological polar surface area (TPSA) is 133 Å². The van der Waals surface area contributed by atoms with Crippen molar-refractivity contribution in [2.24, 2.45) is 11.8 Å². The van der Waals surface area contributed by atoms with Crippen molar-refractivity contribution in [2.75, 3.05) is 53.5 Å². The second kappa shape index (κ2) is 20.2. The van der Waals surface area contributed by atoms with Crippen molar-refractivity contribution in [3.63, 3.8) is 0 Å². The summed E-state index contributed by atoms with van der Waals surface area (Å²) in [4.78, 5) is 64.5. The van der Waals surface area contributed by atoms with Crippen molar-refractivity contribution in [3.05, 3.63) is 52.0 Å². The van der Waals surface area contributed by atoms with E-state index in [2.05, 4.69) is 32.6 Å². The van der Waals surface area contributed by atoms with E-state index in [0.29, 0.717) is 31.2 Å². The van der Waals surface area contributed by atoms with Gasteiger partial charge in [0.05, 0.1) is 19.3 Å². The second-order valence-electron chi connectivity index (χ2n) is 14.8. The molecule has 52 heavy (non-hydrogen) atoms. The fourth-order valence-electron chi connectivity index (χ4n) is 7.17. The molecule has 1 aromatic heterocycles. The maximum atomic E-state index is 14.2. The maximum absolute atomic E-state index is 14.2. The lowest BCUT2D eigenvalue weighted by Crippen LogP contribution is -2.58. The SMILES string of the molecule is CC[C@H](C)[C@H](NC(=O)[C@H]1CCCCN1C)C(=O)N(C)[C@H](C[C@@H](OC(C)=O)c1nc(C(=O)N[C@@H](Cc2ccccc2)CN2CCOCC2)cs1)C(C)C. The molecule has 2 fully saturated rings. The Morgan fingerprint density at radius 2 is 1.77 bits per heavy atom. The van der Waals surface area contributed by atoms with Gasteiger partial charge >= 0.3 is 5.97 Å². The standard InChI is InChI=1S/C39H60N6O6S/c1-8-27(4)35(42-37(48)32-16-12-13-17-43(32)6)39(49)44(7)33(26(2)3)23-34(51-28(5)46)38-41-31(25-52-38)36(47)40-30(22-29-14-10-9-11-15-29)24-45-18-20-50-21-19-45/h9-11,14-15,25-27,30,32-35H,8,12-13,16-24H2,1-7H3,(H,40,47)(H,42,48)/t27-,30-,32+,33+,34+,35-/m0/s1. The molecule has 1 aromatic carbocycles. The first-order valence-corrected chi connectivity index (χ1v) is 19.8. The van der Waals surface area contributed by atoms with Crippen LogP contribution in [0.2, 0.25) is 0 Å². The van der Waals surface area contributed by atoms with Crippen LogP contribution in [0.3, 0.4) is 0 Å². The second-order valence-corrected chi connectivity index (χ2v) is 15.7. The van der Waals surface area contributed by atoms with Crippen molar-refractivity contribution in [2.45, 2.75) is 103 Å². The van der Waals surface area contributed by atoms with Crippen molar-refractivity contribution in [1.82, 2.24) is 30.3 Å². The summed E-state index contributed by atoms with van der Waals surface area (Å²) in [5.74, 6) is -1.15. The predicted molar refractivity (Wildman–Crippen MR) is 203 cm³/mol. The number of esters is 1. The summed E-state index contributed by atoms with van der Waals surface area (Å²) in [5, 5.41) is 8.51. The average molecular weight is 741 g/mol. The number of likely N-dealkylation sites (N-methyl/N-ethyl adjacent to an activating group) is 2. The summed E-state index contributed by atoms with van der Waals surface area (Å²) in [6.07, 6.45) is 3.72. The Labute approximate surface area is 314 Å². The lowest BCUT2D eigenvalue weighted by atomic mass is 9.92. The zero-order chi connectivity index (χ0) is 37.8. The smallest absolute Gasteiger partial charge is 0.303 e. The van der Waals surface area contributed by atoms with Gasteiger partial charge in [-0.2, -0.15) is 0 Å². The molecule has 0 saturated carbocycles. The fraction of sp³-hybridized carbons (Fsp3) is 0.667. The van der Waals surface area contributed by atoms with E-state index >= 15 is 0 Å². The van der Waals surface area contributed by atoms with E-state index in [1.54, 1.807) is 17.3 Å². The van der Waals surface area contributed by atoms with E-state index < -0.39 is 18.1 Å². The largest absolute Gasteiger partial charge is 0.455 e. The Hall–Kier alpha value is -3.39. The number of ether oxygens (including phenoxy) is 2. The molecule has 0 radical (unpaired) electrons. The first kappa shape index (κ1) is 41.4. The first-order chi connectivity index (χ1) is 24.9. The molecular formula is C39H60N6O6S. The van der Waals surface area contributed by atoms with E-state index in [0.717, 1.165) is 50.9 Å². The van der Waals surface area contributed by atoms with Gasteiger partial charge in [0.25, 0.3) is 5.91 Å². The van der Waals surface area contributed by atoms with Crippen LogP contribution in [0.25, 0.3) is 0 Å². The molecular weight excluding hydrogens is 681 g/mol. The third-order valence-corrected chi connectivity index (χ3v) is 11.4. The molecule has 2 N–H and O–H groups in total. The Morgan fingerprint density at radius 1 is 1.06 bits per heavy atom. The molecule has 288 valence electrons. The zero-order valence-electron chi connectivity index (χ0n) is 32.1. The number of nitrogens with one attached hydrogen (secondary N) is 2. The molecule has 2 saturated heterocycles. The maximum Gasteiger partial charge on any atom is 0.303 e. The van der Waals surface area contributed by atoms with Gasteiger partial charge in [0.1, 0.15) is 16.7 Å². The normalized spacial score (nSPS) is 20.0. The van der Waals surface area contributed by atoms with Crippen molar-refractivity contribution in [3.8, 4) is 0 Å². The Morgan fingerprint density at radius 3 is 2.40 bits per heavy atom. The molecule has 0 bridgehead atoms. The van der Waals surface area contributed by atoms with Crippen LogP contribution in [-0.4, -0.2) is 121 Å². The van der Waals surface area contributed by atoms with E-state index in [4.69, 9.17) is 14.5 Å². The monoisotopic (exact) mass is 740 g/mol. The van der Waals surface area contributed by atoms with Gasteiger partial charge in [-0.1, -0.05) is 70.9 Å². The minimum atomic E-state index is -0.771. The quantitative estimate of drug-likeness (QED) is 0.228. The number of benzene rings is 1. The molecule has 3 heterocycles. The molecule has 13 heteroatoms. The predicted octanol–water partition coefficient (Wildman–Crippen LogP) is 4.31. The zero-order valence-corrected chi connectivity index (χ0v) is 33.0. The molecule has 12 nitrogen and oxygen atoms in total. The van der Waals surface area contributed by atoms with E-state index in [1.807, 2.05) is 52.9 Å². The number of rotatable bonds is 17. The molecule has 3 amide bonds. The molecule has 2 aliphatic rings. The van der Waals surface area contributed by atoms with Gasteiger partial charge in [-0.3, -0.25) is 29.0 Å². The van der Waals surface area contributed by atoms with E-state index in [9.17, 15) is 19.2 Å². The van der Waals surface area contributed by atoms with Gasteiger partial charge in [-0.05, 0) is 50.3 Å². The van der Waals surface area contributed by atoms with E-state index in [-0.39, 0.29) is 59.8 Å². The van der Waals surface area contributed by atoms with Crippen LogP contribution >= 0.6 is 11.3 Å². The summed E-state index contributed by atoms with van der Waals surface area (Å²) < 4.78 is 11.4. The van der Waals surface area contributed by atoms with Crippen LogP contribution < -0.4 is 10.6 Å². The molecule has 4 rings (SSSR count). The highest BCUT2D eigenvalue weighted by molar-refractivity contribution is 7.09. The van der Waals surface area contributed by atoms with Gasteiger partial charge < -0.3 is 25.0 Å². The lowest BCUT2D eigenvalue weighted by molar-refractivity contribution is -0.149. The highest BCUT2D eigenvalue weighted by atomic mass is 32.1. The van der Waals surface area contributed by atoms with E-state index in [1.165, 1.54) is 18.3 Å². The summed E-state index contributed by atoms with van der Waals surface area (Å²) in [7, 11) is 3.72. The van der Waals surface area contributed by atoms with Crippen LogP contribution in [-0.2, 0) is 30.3 Å². The number of morpholine rings is 1. The van der Waals surface area contributed by atoms with Gasteiger partial charge in [0.15, 0.2) is 6.10 Å². The Bertz CT molecular complexity index is 1450. The molecule has 0 aliphatic carbocycles. The highest BCUT2D eigenvalue weighted by Crippen LogP contribution is 2.31. The first-order valence-electron chi connectivity index (χ1n) is 18.9. The number of likely N-dealkylation sites (tertiary alicyclic amines) is 1. The van der Waals surface area contributed by atoms with Gasteiger partial charge in [-0.25, -0.2) is 4.98 Å². The van der Waals surface area contributed by atoms with Gasteiger partial charge in [0.2, 0.25) is 11.8 Å². The molecule has 2 aromatic rings. The minimum absolute atomic E-state index is 0.00793. The molecule has 2 aliphatic heterocycles. The van der Waals surface area contributed by atoms with Gasteiger partial charge in [-0.15, -0.1) is 11.3 Å². The number of hydrogen-bond donors (Lipinski definition) is 2. The lowest BCUT2D eigenvalue weighted by Gasteiger charge is -2.38. The van der Waals surface area contributed by atoms with Crippen LogP contribution in [0.1, 0.15) is 93.9 Å². The fourth-order valence-corrected chi connectivity index (χ4v) is 8.01. The summed E-state index contributed by atoms with van der Waals surface area (Å²) in [6.45, 7) is 13.9. The number of carbonyl (C=O) groups is 4. The summed E-state index contributed by atoms with van der Waals surface area (Å²) in [6, 6.07) is 8.65. The van der Waals surface area contributed by atoms with Crippen LogP contribution in [0.15, 0.2) is 35.7 Å². The third-order valence-electron chi connectivity index (χ3n) is 10.5. The van der Waals surface area contributed by atoms with Crippen molar-refractivity contribution >= 4 is 35.0 Å². The average Bonchev–Trinajstić information content (AvgIpc) is 3.63. The number of hydrogen-bond acceptors (Lipinski definition) is 10. The summed E-state index contributed by atoms with van der Waals surface area (Å²) >= 11 is 1.27. The van der Waals surface area contributed by atoms with Crippen LogP contribution in [0.4, 0.5) is 0 Å². The van der Waals surface area contributed by atoms with Crippen molar-refractivity contribution < 1.29 is 28.7 Å². The Kier molecular flexibility index (Phi) is 16.0. The number of amides is 3. The molecule has 6 atom stereocenters. The van der Waals surface area contributed by atoms with Crippen LogP contribution in [0, 0.1) is 11.8 Å². The number of aromatic nitrogens is 1. The number of carbonyl (C=O) groups excluding carboxylic acids is 4. The van der Waals surface area contributed by atoms with Gasteiger partial charge in [0, 0.05) is 57.5 Å². The number of nitrogens with zero attached hydrogens (tertiary/aromatic N) is 4. The summed E-state index contributed by atoms with van der Waals surface area (Å²) in [5.41, 5.74) is 1.39.